The van der Waals surface area contributed by atoms with Crippen LogP contribution in [0.5, 0.6) is 5.75 Å². The molecule has 0 amide bonds. The topological polar surface area (TPSA) is 91.5 Å². The van der Waals surface area contributed by atoms with Crippen molar-refractivity contribution in [2.24, 2.45) is 0 Å². The summed E-state index contributed by atoms with van der Waals surface area (Å²) in [6, 6.07) is 15.5. The molecule has 5 heterocycles. The van der Waals surface area contributed by atoms with Crippen LogP contribution in [-0.4, -0.2) is 77.9 Å². The minimum absolute atomic E-state index is 0.0151. The van der Waals surface area contributed by atoms with Crippen LogP contribution in [-0.2, 0) is 0 Å². The fraction of sp³-hybridized carbons (Fsp3) is 0.387. The number of piperazine rings is 1. The zero-order valence-corrected chi connectivity index (χ0v) is 23.7. The monoisotopic (exact) mass is 571 g/mol. The van der Waals surface area contributed by atoms with E-state index >= 15 is 4.39 Å². The number of phenolic OH excluding ortho intramolecular Hbond substituents is 1. The Labute approximate surface area is 243 Å². The zero-order chi connectivity index (χ0) is 28.4. The van der Waals surface area contributed by atoms with Crippen LogP contribution in [0, 0.1) is 17.1 Å². The van der Waals surface area contributed by atoms with Crippen LogP contribution in [0.25, 0.3) is 32.8 Å². The number of aromatic hydroxyl groups is 1. The summed E-state index contributed by atoms with van der Waals surface area (Å²) in [6.07, 6.45) is 2.36. The largest absolute Gasteiger partial charge is 0.508 e. The van der Waals surface area contributed by atoms with Crippen LogP contribution in [0.1, 0.15) is 19.3 Å². The molecule has 4 aliphatic rings. The third kappa shape index (κ3) is 4.33. The number of anilines is 2. The lowest BCUT2D eigenvalue weighted by Gasteiger charge is -2.51. The highest BCUT2D eigenvalue weighted by Gasteiger charge is 2.42. The first-order valence-corrected chi connectivity index (χ1v) is 14.4. The van der Waals surface area contributed by atoms with E-state index in [2.05, 4.69) is 40.2 Å². The van der Waals surface area contributed by atoms with E-state index in [4.69, 9.17) is 21.6 Å². The van der Waals surface area contributed by atoms with E-state index < -0.39 is 5.82 Å². The molecule has 4 saturated heterocycles. The molecule has 2 N–H and O–H groups in total. The summed E-state index contributed by atoms with van der Waals surface area (Å²) < 4.78 is 16.8. The maximum atomic E-state index is 16.8. The van der Waals surface area contributed by atoms with E-state index in [-0.39, 0.29) is 40.0 Å². The molecule has 0 spiro atoms. The number of fused-ring (bicyclic) bond motifs is 5. The summed E-state index contributed by atoms with van der Waals surface area (Å²) in [5.74, 6) is 0.649. The first-order valence-electron chi connectivity index (χ1n) is 14.0. The van der Waals surface area contributed by atoms with Crippen LogP contribution in [0.2, 0.25) is 5.02 Å². The summed E-state index contributed by atoms with van der Waals surface area (Å²) in [5.41, 5.74) is 0.927. The molecule has 2 bridgehead atoms. The van der Waals surface area contributed by atoms with Crippen LogP contribution in [0.3, 0.4) is 0 Å². The van der Waals surface area contributed by atoms with Crippen molar-refractivity contribution in [3.05, 3.63) is 53.3 Å². The number of nitriles is 1. The quantitative estimate of drug-likeness (QED) is 0.349. The van der Waals surface area contributed by atoms with Gasteiger partial charge < -0.3 is 25.1 Å². The van der Waals surface area contributed by atoms with Gasteiger partial charge in [0, 0.05) is 54.8 Å². The smallest absolute Gasteiger partial charge is 0.228 e. The summed E-state index contributed by atoms with van der Waals surface area (Å²) in [6.45, 7) is 2.22. The molecule has 8 rings (SSSR count). The van der Waals surface area contributed by atoms with Gasteiger partial charge in [0.2, 0.25) is 5.95 Å². The SMILES string of the molecule is CN(C)C1CN(c2nc(N3C[C@@H]4CC[C@H]3[C@H](CC#N)N4)c3cc(Cl)c(-c4cc(O)cc5ccccc45)c(F)c3n2)C1. The van der Waals surface area contributed by atoms with Crippen molar-refractivity contribution in [2.75, 3.05) is 43.5 Å². The highest BCUT2D eigenvalue weighted by atomic mass is 35.5. The van der Waals surface area contributed by atoms with Gasteiger partial charge in [-0.15, -0.1) is 0 Å². The second-order valence-electron chi connectivity index (χ2n) is 11.7. The highest BCUT2D eigenvalue weighted by molar-refractivity contribution is 6.35. The van der Waals surface area contributed by atoms with Gasteiger partial charge in [0.15, 0.2) is 5.82 Å². The predicted octanol–water partition coefficient (Wildman–Crippen LogP) is 4.92. The van der Waals surface area contributed by atoms with E-state index in [9.17, 15) is 10.4 Å². The molecule has 0 aliphatic carbocycles. The fourth-order valence-electron chi connectivity index (χ4n) is 6.72. The number of likely N-dealkylation sites (N-methyl/N-ethyl adjacent to an activating group) is 1. The van der Waals surface area contributed by atoms with Gasteiger partial charge in [-0.25, -0.2) is 9.37 Å². The van der Waals surface area contributed by atoms with Crippen LogP contribution in [0.15, 0.2) is 42.5 Å². The molecule has 4 fully saturated rings. The summed E-state index contributed by atoms with van der Waals surface area (Å²) >= 11 is 6.89. The minimum Gasteiger partial charge on any atom is -0.508 e. The Morgan fingerprint density at radius 3 is 2.68 bits per heavy atom. The van der Waals surface area contributed by atoms with Gasteiger partial charge in [-0.3, -0.25) is 0 Å². The van der Waals surface area contributed by atoms with Crippen molar-refractivity contribution in [3.8, 4) is 22.9 Å². The number of benzene rings is 3. The highest BCUT2D eigenvalue weighted by Crippen LogP contribution is 2.44. The van der Waals surface area contributed by atoms with Crippen LogP contribution >= 0.6 is 11.6 Å². The summed E-state index contributed by atoms with van der Waals surface area (Å²) in [4.78, 5) is 16.3. The lowest BCUT2D eigenvalue weighted by molar-refractivity contribution is 0.222. The fourth-order valence-corrected chi connectivity index (χ4v) is 7.01. The molecule has 210 valence electrons. The molecule has 41 heavy (non-hydrogen) atoms. The Morgan fingerprint density at radius 2 is 1.93 bits per heavy atom. The summed E-state index contributed by atoms with van der Waals surface area (Å²) in [5, 5.41) is 25.9. The number of hydrogen-bond acceptors (Lipinski definition) is 8. The van der Waals surface area contributed by atoms with Gasteiger partial charge in [0.1, 0.15) is 17.1 Å². The molecule has 8 nitrogen and oxygen atoms in total. The first-order chi connectivity index (χ1) is 19.8. The Balaban J connectivity index is 1.43. The zero-order valence-electron chi connectivity index (χ0n) is 23.0. The third-order valence-corrected chi connectivity index (χ3v) is 9.27. The molecule has 0 unspecified atom stereocenters. The van der Waals surface area contributed by atoms with E-state index in [1.54, 1.807) is 18.2 Å². The van der Waals surface area contributed by atoms with Crippen molar-refractivity contribution in [3.63, 3.8) is 0 Å². The molecule has 4 aromatic rings. The number of nitrogens with zero attached hydrogens (tertiary/aromatic N) is 6. The minimum atomic E-state index is -0.535. The maximum absolute atomic E-state index is 16.8. The molecule has 1 aromatic heterocycles. The van der Waals surface area contributed by atoms with Gasteiger partial charge in [0.25, 0.3) is 0 Å². The van der Waals surface area contributed by atoms with Crippen LogP contribution < -0.4 is 15.1 Å². The number of hydrogen-bond donors (Lipinski definition) is 2. The van der Waals surface area contributed by atoms with E-state index in [1.807, 2.05) is 24.3 Å². The average molecular weight is 572 g/mol. The van der Waals surface area contributed by atoms with Crippen molar-refractivity contribution >= 4 is 45.0 Å². The number of aromatic nitrogens is 2. The van der Waals surface area contributed by atoms with Crippen molar-refractivity contribution in [1.82, 2.24) is 20.2 Å². The molecule has 0 saturated carbocycles. The summed E-state index contributed by atoms with van der Waals surface area (Å²) in [7, 11) is 4.10. The van der Waals surface area contributed by atoms with E-state index in [0.717, 1.165) is 43.2 Å². The molecule has 4 aliphatic heterocycles. The molecule has 3 atom stereocenters. The number of piperidine rings is 2. The Morgan fingerprint density at radius 1 is 1.12 bits per heavy atom. The average Bonchev–Trinajstić information content (AvgIpc) is 2.92. The number of rotatable bonds is 5. The van der Waals surface area contributed by atoms with Crippen molar-refractivity contribution in [2.45, 2.75) is 43.4 Å². The first kappa shape index (κ1) is 26.2. The van der Waals surface area contributed by atoms with E-state index in [1.165, 1.54) is 0 Å². The molecule has 0 radical (unpaired) electrons. The van der Waals surface area contributed by atoms with Gasteiger partial charge in [-0.05, 0) is 61.5 Å². The number of nitrogens with one attached hydrogen (secondary N) is 1. The standard InChI is InChI=1S/C31H31ClFN7O/c1-38(2)19-15-39(16-19)31-36-29-23(30(37-31)40-14-18-7-8-26(40)25(35-18)9-10-34)13-24(32)27(28(29)33)22-12-20(41)11-17-5-3-4-6-21(17)22/h3-6,11-13,18-19,25-26,35,41H,7-9,14-16H2,1-2H3/t18-,25-,26-/m0/s1. The van der Waals surface area contributed by atoms with Crippen molar-refractivity contribution in [1.29, 1.82) is 5.26 Å². The molecular formula is C31H31ClFN7O. The molecule has 10 heteroatoms. The second-order valence-corrected chi connectivity index (χ2v) is 12.1. The van der Waals surface area contributed by atoms with Gasteiger partial charge in [-0.1, -0.05) is 35.9 Å². The Bertz CT molecular complexity index is 1720. The second kappa shape index (κ2) is 9.98. The number of halogens is 2. The predicted molar refractivity (Wildman–Crippen MR) is 160 cm³/mol. The number of phenols is 1. The van der Waals surface area contributed by atoms with Gasteiger partial charge in [-0.2, -0.15) is 10.2 Å². The Hall–Kier alpha value is -3.71. The maximum Gasteiger partial charge on any atom is 0.228 e. The van der Waals surface area contributed by atoms with Gasteiger partial charge >= 0.3 is 0 Å². The Kier molecular flexibility index (Phi) is 6.38. The normalized spacial score (nSPS) is 22.5. The molecule has 3 aromatic carbocycles. The third-order valence-electron chi connectivity index (χ3n) is 8.97. The van der Waals surface area contributed by atoms with Gasteiger partial charge in [0.05, 0.1) is 17.5 Å². The van der Waals surface area contributed by atoms with Crippen molar-refractivity contribution < 1.29 is 9.50 Å². The van der Waals surface area contributed by atoms with E-state index in [0.29, 0.717) is 35.2 Å². The lowest BCUT2D eigenvalue weighted by Crippen LogP contribution is -2.66. The molecular weight excluding hydrogens is 541 g/mol. The van der Waals surface area contributed by atoms with Crippen LogP contribution in [0.4, 0.5) is 16.2 Å². The lowest BCUT2D eigenvalue weighted by atomic mass is 9.85.